The molecule has 250 valence electrons. The van der Waals surface area contributed by atoms with Crippen molar-refractivity contribution in [2.24, 2.45) is 39.9 Å². The van der Waals surface area contributed by atoms with Crippen LogP contribution in [0.5, 0.6) is 0 Å². The molecule has 0 aromatic carbocycles. The maximum atomic E-state index is 13.8. The Morgan fingerprint density at radius 3 is 2.44 bits per heavy atom. The molecule has 1 saturated carbocycles. The van der Waals surface area contributed by atoms with Crippen LogP contribution in [0.15, 0.2) is 4.99 Å². The summed E-state index contributed by atoms with van der Waals surface area (Å²) in [5, 5.41) is 15.3. The monoisotopic (exact) mass is 629 g/mol. The number of aliphatic carboxylic acids is 1. The average Bonchev–Trinajstić information content (AvgIpc) is 3.67. The van der Waals surface area contributed by atoms with E-state index in [1.54, 1.807) is 6.92 Å². The highest BCUT2D eigenvalue weighted by atomic mass is 16.4. The smallest absolute Gasteiger partial charge is 0.326 e. The normalized spacial score (nSPS) is 24.3. The number of hydrogen-bond acceptors (Lipinski definition) is 7. The van der Waals surface area contributed by atoms with Crippen LogP contribution in [0.4, 0.5) is 0 Å². The van der Waals surface area contributed by atoms with Crippen LogP contribution >= 0.6 is 0 Å². The lowest BCUT2D eigenvalue weighted by atomic mass is 9.71. The van der Waals surface area contributed by atoms with E-state index in [-0.39, 0.29) is 31.4 Å². The fraction of sp³-hybridized carbons (Fsp3) is 0.742. The van der Waals surface area contributed by atoms with Crippen LogP contribution in [0.1, 0.15) is 95.8 Å². The molecule has 14 nitrogen and oxygen atoms in total. The van der Waals surface area contributed by atoms with Gasteiger partial charge in [0.2, 0.25) is 17.7 Å². The highest BCUT2D eigenvalue weighted by Gasteiger charge is 2.42. The number of nitrogens with one attached hydrogen (secondary N) is 3. The van der Waals surface area contributed by atoms with Gasteiger partial charge < -0.3 is 42.8 Å². The number of carboxylic acids is 1. The van der Waals surface area contributed by atoms with E-state index in [1.807, 2.05) is 13.8 Å². The van der Waals surface area contributed by atoms with Crippen molar-refractivity contribution in [1.82, 2.24) is 25.5 Å². The summed E-state index contributed by atoms with van der Waals surface area (Å²) in [6, 6.07) is -2.99. The number of amides is 3. The molecule has 3 amide bonds. The molecule has 1 aromatic heterocycles. The molecule has 0 bridgehead atoms. The predicted octanol–water partition coefficient (Wildman–Crippen LogP) is 0.634. The maximum Gasteiger partial charge on any atom is 0.326 e. The van der Waals surface area contributed by atoms with Crippen LogP contribution in [0.2, 0.25) is 0 Å². The Morgan fingerprint density at radius 2 is 1.80 bits per heavy atom. The van der Waals surface area contributed by atoms with Gasteiger partial charge in [-0.2, -0.15) is 0 Å². The summed E-state index contributed by atoms with van der Waals surface area (Å²) < 4.78 is 0. The van der Waals surface area contributed by atoms with Crippen molar-refractivity contribution in [3.8, 4) is 0 Å². The largest absolute Gasteiger partial charge is 0.480 e. The highest BCUT2D eigenvalue weighted by Crippen LogP contribution is 2.39. The van der Waals surface area contributed by atoms with E-state index in [9.17, 15) is 24.3 Å². The number of guanidine groups is 1. The molecule has 3 aliphatic rings. The van der Waals surface area contributed by atoms with Crippen molar-refractivity contribution in [2.45, 2.75) is 115 Å². The highest BCUT2D eigenvalue weighted by molar-refractivity contribution is 5.95. The van der Waals surface area contributed by atoms with Crippen LogP contribution in [0.3, 0.4) is 0 Å². The van der Waals surface area contributed by atoms with Crippen LogP contribution in [0, 0.1) is 17.8 Å². The number of likely N-dealkylation sites (tertiary alicyclic amines) is 1. The van der Waals surface area contributed by atoms with Gasteiger partial charge in [-0.05, 0) is 76.0 Å². The van der Waals surface area contributed by atoms with Gasteiger partial charge in [0.15, 0.2) is 11.5 Å². The second kappa shape index (κ2) is 14.6. The molecule has 1 saturated heterocycles. The topological polar surface area (TPSA) is 235 Å². The van der Waals surface area contributed by atoms with E-state index in [2.05, 4.69) is 20.6 Å². The van der Waals surface area contributed by atoms with Crippen LogP contribution in [0.25, 0.3) is 0 Å². The molecular formula is C31H51N9O5. The van der Waals surface area contributed by atoms with Gasteiger partial charge in [0.1, 0.15) is 23.9 Å². The van der Waals surface area contributed by atoms with E-state index in [0.717, 1.165) is 24.2 Å². The number of aromatic nitrogens is 2. The molecule has 4 rings (SSSR count). The third kappa shape index (κ3) is 7.95. The number of carboxylic acid groups (broad SMARTS) is 1. The first-order chi connectivity index (χ1) is 21.3. The van der Waals surface area contributed by atoms with Gasteiger partial charge in [0.25, 0.3) is 0 Å². The first-order valence-electron chi connectivity index (χ1n) is 16.4. The third-order valence-electron chi connectivity index (χ3n) is 9.98. The van der Waals surface area contributed by atoms with Crippen molar-refractivity contribution >= 4 is 29.7 Å². The molecule has 2 heterocycles. The van der Waals surface area contributed by atoms with Gasteiger partial charge >= 0.3 is 5.97 Å². The average molecular weight is 630 g/mol. The first kappa shape index (κ1) is 34.2. The number of hydrogen-bond donors (Lipinski definition) is 7. The summed E-state index contributed by atoms with van der Waals surface area (Å²) in [6.07, 6.45) is 8.68. The number of imidazole rings is 1. The number of aromatic amines is 1. The number of rotatable bonds is 13. The molecule has 10 N–H and O–H groups in total. The molecule has 7 atom stereocenters. The van der Waals surface area contributed by atoms with Gasteiger partial charge in [0.05, 0.1) is 5.69 Å². The standard InChI is InChI=1S/C31H51N9O5/c1-4-17(2)24(25(41)36-20(11-7-13-35-30(32)33)26(42)40-14-8-12-23(40)27(43)44)39-29(45)31(3,34)28-37-21-15-18-9-5-6-10-19(18)16-22(21)38-28/h17-20,23-24H,4-16,34H2,1-3H3,(H,36,41)(H,37,38)(H,39,45)(H,43,44)(H4,32,33,35)/t17-,18?,19?,20-,23-,24-,31-/m0/s1. The second-order valence-electron chi connectivity index (χ2n) is 13.3. The third-order valence-corrected chi connectivity index (χ3v) is 9.98. The Kier molecular flexibility index (Phi) is 11.1. The van der Waals surface area contributed by atoms with Gasteiger partial charge in [-0.15, -0.1) is 0 Å². The van der Waals surface area contributed by atoms with Crippen molar-refractivity contribution in [3.63, 3.8) is 0 Å². The SMILES string of the molecule is CC[C@H](C)[C@H](NC(=O)[C@@](C)(N)c1nc2c([nH]1)CC1CCCCC1C2)C(=O)N[C@@H](CCCN=C(N)N)C(=O)N1CCC[C@H]1C(=O)O. The zero-order valence-corrected chi connectivity index (χ0v) is 26.8. The number of nitrogens with zero attached hydrogens (tertiary/aromatic N) is 3. The minimum atomic E-state index is -1.53. The quantitative estimate of drug-likeness (QED) is 0.0919. The Bertz CT molecular complexity index is 1240. The minimum absolute atomic E-state index is 0.0902. The van der Waals surface area contributed by atoms with Gasteiger partial charge in [-0.1, -0.05) is 33.1 Å². The summed E-state index contributed by atoms with van der Waals surface area (Å²) in [4.78, 5) is 66.3. The van der Waals surface area contributed by atoms with Crippen LogP contribution in [-0.4, -0.2) is 80.8 Å². The lowest BCUT2D eigenvalue weighted by Gasteiger charge is -2.34. The lowest BCUT2D eigenvalue weighted by molar-refractivity contribution is -0.149. The maximum absolute atomic E-state index is 13.8. The first-order valence-corrected chi connectivity index (χ1v) is 16.4. The summed E-state index contributed by atoms with van der Waals surface area (Å²) in [5.41, 5.74) is 18.0. The predicted molar refractivity (Wildman–Crippen MR) is 169 cm³/mol. The molecule has 0 radical (unpaired) electrons. The second-order valence-corrected chi connectivity index (χ2v) is 13.3. The Balaban J connectivity index is 1.49. The molecule has 0 spiro atoms. The molecule has 2 unspecified atom stereocenters. The summed E-state index contributed by atoms with van der Waals surface area (Å²) >= 11 is 0. The van der Waals surface area contributed by atoms with Crippen LogP contribution in [-0.2, 0) is 37.6 Å². The molecule has 2 aliphatic carbocycles. The number of fused-ring (bicyclic) bond motifs is 2. The Morgan fingerprint density at radius 1 is 1.11 bits per heavy atom. The van der Waals surface area contributed by atoms with E-state index < -0.39 is 47.4 Å². The van der Waals surface area contributed by atoms with E-state index in [1.165, 1.54) is 30.6 Å². The van der Waals surface area contributed by atoms with Gasteiger partial charge in [-0.25, -0.2) is 9.78 Å². The molecule has 14 heteroatoms. The Labute approximate surface area is 264 Å². The summed E-state index contributed by atoms with van der Waals surface area (Å²) in [6.45, 7) is 5.83. The number of aliphatic imine (C=N–C) groups is 1. The van der Waals surface area contributed by atoms with Gasteiger partial charge in [-0.3, -0.25) is 19.4 Å². The zero-order chi connectivity index (χ0) is 32.9. The summed E-state index contributed by atoms with van der Waals surface area (Å²) in [7, 11) is 0. The van der Waals surface area contributed by atoms with Crippen molar-refractivity contribution in [3.05, 3.63) is 17.2 Å². The molecular weight excluding hydrogens is 578 g/mol. The van der Waals surface area contributed by atoms with E-state index in [0.29, 0.717) is 43.3 Å². The fourth-order valence-corrected chi connectivity index (χ4v) is 6.97. The number of carbonyl (C=O) groups is 4. The molecule has 1 aromatic rings. The van der Waals surface area contributed by atoms with Crippen molar-refractivity contribution < 1.29 is 24.3 Å². The zero-order valence-electron chi connectivity index (χ0n) is 26.8. The molecule has 1 aliphatic heterocycles. The molecule has 45 heavy (non-hydrogen) atoms. The number of H-pyrrole nitrogens is 1. The minimum Gasteiger partial charge on any atom is -0.480 e. The number of nitrogens with two attached hydrogens (primary N) is 3. The lowest BCUT2D eigenvalue weighted by Crippen LogP contribution is -2.60. The number of carbonyl (C=O) groups excluding carboxylic acids is 3. The molecule has 2 fully saturated rings. The Hall–Kier alpha value is -3.68. The summed E-state index contributed by atoms with van der Waals surface area (Å²) in [5.74, 6) is -1.48. The van der Waals surface area contributed by atoms with E-state index in [4.69, 9.17) is 22.2 Å². The van der Waals surface area contributed by atoms with Crippen molar-refractivity contribution in [2.75, 3.05) is 13.1 Å². The van der Waals surface area contributed by atoms with Crippen LogP contribution < -0.4 is 27.8 Å². The van der Waals surface area contributed by atoms with Crippen molar-refractivity contribution in [1.29, 1.82) is 0 Å². The van der Waals surface area contributed by atoms with E-state index >= 15 is 0 Å². The fourth-order valence-electron chi connectivity index (χ4n) is 6.97. The van der Waals surface area contributed by atoms with Gasteiger partial charge in [0, 0.05) is 18.8 Å².